The summed E-state index contributed by atoms with van der Waals surface area (Å²) in [4.78, 5) is 33.4. The van der Waals surface area contributed by atoms with Gasteiger partial charge in [-0.2, -0.15) is 0 Å². The average Bonchev–Trinajstić information content (AvgIpc) is 3.60. The van der Waals surface area contributed by atoms with Gasteiger partial charge in [0.1, 0.15) is 0 Å². The molecule has 0 amide bonds. The summed E-state index contributed by atoms with van der Waals surface area (Å²) in [6.07, 6.45) is 0. The van der Waals surface area contributed by atoms with Gasteiger partial charge in [-0.15, -0.1) is 45.3 Å². The molecule has 36 heavy (non-hydrogen) atoms. The molecule has 1 aromatic carbocycles. The molecule has 0 atom stereocenters. The number of hydrogen-bond donors (Lipinski definition) is 2. The van der Waals surface area contributed by atoms with Gasteiger partial charge in [0.05, 0.1) is 11.1 Å². The van der Waals surface area contributed by atoms with E-state index in [1.807, 2.05) is 38.1 Å². The molecule has 0 aliphatic rings. The van der Waals surface area contributed by atoms with Crippen molar-refractivity contribution in [2.24, 2.45) is 0 Å². The minimum absolute atomic E-state index is 0.158. The standard InChI is InChI=1S/C28H22O4S4/c1-13-5-7-17(33-13)19-9-11-21(35-19)23-15(3)26(28(31)32)24(16(4)25(23)27(29)30)22-12-10-20(36-22)18-8-6-14(2)34-18/h5-12H,1-4H3,(H,29,30)(H,31,32). The Balaban J connectivity index is 1.73. The van der Waals surface area contributed by atoms with Crippen molar-refractivity contribution in [3.05, 3.63) is 80.5 Å². The molecule has 0 aliphatic carbocycles. The van der Waals surface area contributed by atoms with Crippen LogP contribution in [0.2, 0.25) is 0 Å². The van der Waals surface area contributed by atoms with E-state index in [1.54, 1.807) is 36.5 Å². The highest BCUT2D eigenvalue weighted by Gasteiger charge is 2.29. The minimum atomic E-state index is -1.06. The fraction of sp³-hybridized carbons (Fsp3) is 0.143. The molecule has 0 spiro atoms. The lowest BCUT2D eigenvalue weighted by molar-refractivity contribution is 0.0681. The zero-order valence-corrected chi connectivity index (χ0v) is 23.2. The molecule has 4 aromatic heterocycles. The van der Waals surface area contributed by atoms with Crippen LogP contribution in [0.3, 0.4) is 0 Å². The van der Waals surface area contributed by atoms with Crippen molar-refractivity contribution in [1.29, 1.82) is 0 Å². The summed E-state index contributed by atoms with van der Waals surface area (Å²) >= 11 is 6.34. The van der Waals surface area contributed by atoms with Gasteiger partial charge in [-0.05, 0) is 87.4 Å². The van der Waals surface area contributed by atoms with Gasteiger partial charge in [0, 0.05) is 50.1 Å². The number of hydrogen-bond acceptors (Lipinski definition) is 6. The number of carbonyl (C=O) groups is 2. The predicted molar refractivity (Wildman–Crippen MR) is 153 cm³/mol. The third kappa shape index (κ3) is 4.24. The van der Waals surface area contributed by atoms with Crippen LogP contribution < -0.4 is 0 Å². The summed E-state index contributed by atoms with van der Waals surface area (Å²) in [5.74, 6) is -2.12. The molecule has 0 bridgehead atoms. The third-order valence-electron chi connectivity index (χ3n) is 6.10. The SMILES string of the molecule is Cc1ccc(-c2ccc(-c3c(C)c(C(=O)O)c(-c4ccc(-c5ccc(C)s5)s4)c(C)c3C(=O)O)s2)s1. The zero-order valence-electron chi connectivity index (χ0n) is 20.0. The molecule has 0 aliphatic heterocycles. The van der Waals surface area contributed by atoms with Crippen LogP contribution in [0.4, 0.5) is 0 Å². The van der Waals surface area contributed by atoms with E-state index in [-0.39, 0.29) is 11.1 Å². The van der Waals surface area contributed by atoms with Crippen LogP contribution in [0, 0.1) is 27.7 Å². The lowest BCUT2D eigenvalue weighted by Crippen LogP contribution is -2.12. The molecule has 8 heteroatoms. The van der Waals surface area contributed by atoms with Crippen molar-refractivity contribution in [2.45, 2.75) is 27.7 Å². The number of carboxylic acids is 2. The number of benzene rings is 1. The maximum atomic E-state index is 12.6. The molecular formula is C28H22O4S4. The van der Waals surface area contributed by atoms with Gasteiger partial charge in [-0.3, -0.25) is 0 Å². The quantitative estimate of drug-likeness (QED) is 0.221. The second-order valence-corrected chi connectivity index (χ2v) is 13.3. The maximum Gasteiger partial charge on any atom is 0.336 e. The van der Waals surface area contributed by atoms with Crippen LogP contribution in [0.5, 0.6) is 0 Å². The maximum absolute atomic E-state index is 12.6. The molecule has 0 radical (unpaired) electrons. The Morgan fingerprint density at radius 1 is 0.500 bits per heavy atom. The van der Waals surface area contributed by atoms with E-state index in [0.717, 1.165) is 29.3 Å². The van der Waals surface area contributed by atoms with Crippen LogP contribution in [0.15, 0.2) is 48.5 Å². The predicted octanol–water partition coefficient (Wildman–Crippen LogP) is 9.23. The zero-order chi connectivity index (χ0) is 25.7. The van der Waals surface area contributed by atoms with Crippen LogP contribution in [-0.2, 0) is 0 Å². The first kappa shape index (κ1) is 24.6. The molecule has 0 saturated carbocycles. The summed E-state index contributed by atoms with van der Waals surface area (Å²) in [5.41, 5.74) is 2.22. The van der Waals surface area contributed by atoms with Gasteiger partial charge in [0.15, 0.2) is 0 Å². The minimum Gasteiger partial charge on any atom is -0.478 e. The van der Waals surface area contributed by atoms with E-state index in [1.165, 1.54) is 32.4 Å². The van der Waals surface area contributed by atoms with Gasteiger partial charge < -0.3 is 10.2 Å². The van der Waals surface area contributed by atoms with Gasteiger partial charge in [0.2, 0.25) is 0 Å². The van der Waals surface area contributed by atoms with Crippen molar-refractivity contribution in [2.75, 3.05) is 0 Å². The average molecular weight is 551 g/mol. The molecule has 0 unspecified atom stereocenters. The molecule has 0 saturated heterocycles. The molecule has 4 nitrogen and oxygen atoms in total. The largest absolute Gasteiger partial charge is 0.478 e. The van der Waals surface area contributed by atoms with E-state index in [9.17, 15) is 19.8 Å². The second-order valence-electron chi connectivity index (χ2n) is 8.51. The summed E-state index contributed by atoms with van der Waals surface area (Å²) in [7, 11) is 0. The van der Waals surface area contributed by atoms with Crippen LogP contribution in [0.1, 0.15) is 41.6 Å². The Morgan fingerprint density at radius 2 is 0.806 bits per heavy atom. The smallest absolute Gasteiger partial charge is 0.336 e. The first-order valence-electron chi connectivity index (χ1n) is 11.1. The highest BCUT2D eigenvalue weighted by molar-refractivity contribution is 7.24. The van der Waals surface area contributed by atoms with Crippen LogP contribution in [-0.4, -0.2) is 22.2 Å². The highest BCUT2D eigenvalue weighted by atomic mass is 32.1. The molecule has 4 heterocycles. The first-order chi connectivity index (χ1) is 17.2. The summed E-state index contributed by atoms with van der Waals surface area (Å²) in [5, 5.41) is 20.6. The van der Waals surface area contributed by atoms with E-state index in [2.05, 4.69) is 24.3 Å². The lowest BCUT2D eigenvalue weighted by Gasteiger charge is -2.19. The second kappa shape index (κ2) is 9.44. The Labute approximate surface area is 224 Å². The van der Waals surface area contributed by atoms with Crippen molar-refractivity contribution in [3.8, 4) is 40.4 Å². The fourth-order valence-electron chi connectivity index (χ4n) is 4.49. The van der Waals surface area contributed by atoms with Gasteiger partial charge in [-0.25, -0.2) is 9.59 Å². The molecule has 2 N–H and O–H groups in total. The molecule has 0 fully saturated rings. The first-order valence-corrected chi connectivity index (χ1v) is 14.4. The Hall–Kier alpha value is -3.04. The monoisotopic (exact) mass is 550 g/mol. The van der Waals surface area contributed by atoms with E-state index in [4.69, 9.17) is 0 Å². The number of aromatic carboxylic acids is 2. The lowest BCUT2D eigenvalue weighted by atomic mass is 9.86. The number of rotatable bonds is 6. The van der Waals surface area contributed by atoms with Crippen molar-refractivity contribution in [1.82, 2.24) is 0 Å². The van der Waals surface area contributed by atoms with Crippen LogP contribution >= 0.6 is 45.3 Å². The van der Waals surface area contributed by atoms with Crippen molar-refractivity contribution >= 4 is 57.3 Å². The fourth-order valence-corrected chi connectivity index (χ4v) is 8.64. The molecular weight excluding hydrogens is 529 g/mol. The summed E-state index contributed by atoms with van der Waals surface area (Å²) in [6, 6.07) is 16.0. The van der Waals surface area contributed by atoms with Crippen molar-refractivity contribution in [3.63, 3.8) is 0 Å². The topological polar surface area (TPSA) is 74.6 Å². The van der Waals surface area contributed by atoms with Gasteiger partial charge in [0.25, 0.3) is 0 Å². The number of carboxylic acid groups (broad SMARTS) is 2. The molecule has 5 rings (SSSR count). The Morgan fingerprint density at radius 3 is 1.11 bits per heavy atom. The highest BCUT2D eigenvalue weighted by Crippen LogP contribution is 2.46. The molecule has 182 valence electrons. The van der Waals surface area contributed by atoms with E-state index >= 15 is 0 Å². The Kier molecular flexibility index (Phi) is 6.46. The molecule has 5 aromatic rings. The third-order valence-corrected chi connectivity index (χ3v) is 10.7. The van der Waals surface area contributed by atoms with E-state index < -0.39 is 11.9 Å². The van der Waals surface area contributed by atoms with Crippen LogP contribution in [0.25, 0.3) is 40.4 Å². The van der Waals surface area contributed by atoms with Crippen molar-refractivity contribution < 1.29 is 19.8 Å². The van der Waals surface area contributed by atoms with Gasteiger partial charge >= 0.3 is 11.9 Å². The van der Waals surface area contributed by atoms with E-state index in [0.29, 0.717) is 22.3 Å². The number of thiophene rings is 4. The van der Waals surface area contributed by atoms with Gasteiger partial charge in [-0.1, -0.05) is 0 Å². The Bertz CT molecular complexity index is 1520. The number of aryl methyl sites for hydroxylation is 2. The normalized spacial score (nSPS) is 11.2. The summed E-state index contributed by atoms with van der Waals surface area (Å²) in [6.45, 7) is 7.54. The summed E-state index contributed by atoms with van der Waals surface area (Å²) < 4.78 is 0.